The Bertz CT molecular complexity index is 1040. The second-order valence-corrected chi connectivity index (χ2v) is 8.68. The summed E-state index contributed by atoms with van der Waals surface area (Å²) in [6, 6.07) is 9.44. The highest BCUT2D eigenvalue weighted by Gasteiger charge is 2.25. The van der Waals surface area contributed by atoms with E-state index in [4.69, 9.17) is 10.7 Å². The number of rotatable bonds is 4. The summed E-state index contributed by atoms with van der Waals surface area (Å²) in [5.74, 6) is 0.240. The molecule has 0 fully saturated rings. The fourth-order valence-electron chi connectivity index (χ4n) is 3.42. The first-order chi connectivity index (χ1) is 12.5. The summed E-state index contributed by atoms with van der Waals surface area (Å²) in [7, 11) is 0. The van der Waals surface area contributed by atoms with Crippen LogP contribution in [0.2, 0.25) is 0 Å². The van der Waals surface area contributed by atoms with Gasteiger partial charge in [-0.25, -0.2) is 4.98 Å². The van der Waals surface area contributed by atoms with Crippen molar-refractivity contribution in [1.29, 1.82) is 0 Å². The molecule has 1 atom stereocenters. The van der Waals surface area contributed by atoms with Crippen LogP contribution in [0.1, 0.15) is 23.8 Å². The highest BCUT2D eigenvalue weighted by Crippen LogP contribution is 2.36. The molecule has 2 aromatic heterocycles. The molecule has 5 nitrogen and oxygen atoms in total. The Morgan fingerprint density at radius 1 is 1.38 bits per heavy atom. The predicted octanol–water partition coefficient (Wildman–Crippen LogP) is 3.15. The van der Waals surface area contributed by atoms with Crippen molar-refractivity contribution in [3.63, 3.8) is 0 Å². The topological polar surface area (TPSA) is 78.0 Å². The van der Waals surface area contributed by atoms with E-state index < -0.39 is 5.91 Å². The lowest BCUT2D eigenvalue weighted by Crippen LogP contribution is -2.23. The molecular formula is C19H19N3O2S2. The number of nitrogens with zero attached hydrogens (tertiary/aromatic N) is 2. The summed E-state index contributed by atoms with van der Waals surface area (Å²) >= 11 is 2.82. The van der Waals surface area contributed by atoms with Crippen LogP contribution in [0.4, 0.5) is 0 Å². The average Bonchev–Trinajstić information content (AvgIpc) is 2.98. The molecule has 0 unspecified atom stereocenters. The summed E-state index contributed by atoms with van der Waals surface area (Å²) in [5, 5.41) is 1.25. The second-order valence-electron chi connectivity index (χ2n) is 6.66. The van der Waals surface area contributed by atoms with Crippen molar-refractivity contribution >= 4 is 39.2 Å². The minimum Gasteiger partial charge on any atom is -0.369 e. The largest absolute Gasteiger partial charge is 0.369 e. The predicted molar refractivity (Wildman–Crippen MR) is 106 cm³/mol. The van der Waals surface area contributed by atoms with Gasteiger partial charge in [0, 0.05) is 4.88 Å². The van der Waals surface area contributed by atoms with Crippen LogP contribution in [-0.4, -0.2) is 21.2 Å². The number of thioether (sulfide) groups is 1. The Labute approximate surface area is 159 Å². The van der Waals surface area contributed by atoms with Gasteiger partial charge in [0.15, 0.2) is 5.16 Å². The molecule has 0 saturated heterocycles. The SMILES string of the molecule is C[C@@H]1CCc2sc3nc(SCC(N)=O)n(-c4ccccc4)c(=O)c3c2C1. The Morgan fingerprint density at radius 2 is 2.15 bits per heavy atom. The average molecular weight is 386 g/mol. The van der Waals surface area contributed by atoms with Gasteiger partial charge in [-0.3, -0.25) is 14.2 Å². The summed E-state index contributed by atoms with van der Waals surface area (Å²) in [6.07, 6.45) is 3.08. The van der Waals surface area contributed by atoms with Crippen LogP contribution in [0.3, 0.4) is 0 Å². The highest BCUT2D eigenvalue weighted by atomic mass is 32.2. The summed E-state index contributed by atoms with van der Waals surface area (Å²) in [4.78, 5) is 31.5. The van der Waals surface area contributed by atoms with Gasteiger partial charge >= 0.3 is 0 Å². The number of para-hydroxylation sites is 1. The lowest BCUT2D eigenvalue weighted by molar-refractivity contribution is -0.115. The van der Waals surface area contributed by atoms with E-state index in [1.165, 1.54) is 16.6 Å². The van der Waals surface area contributed by atoms with Crippen molar-refractivity contribution in [3.8, 4) is 5.69 Å². The van der Waals surface area contributed by atoms with Gasteiger partial charge < -0.3 is 5.73 Å². The molecule has 0 aliphatic heterocycles. The third-order valence-electron chi connectivity index (χ3n) is 4.65. The zero-order chi connectivity index (χ0) is 18.3. The number of nitrogens with two attached hydrogens (primary N) is 1. The van der Waals surface area contributed by atoms with Crippen LogP contribution in [0, 0.1) is 5.92 Å². The van der Waals surface area contributed by atoms with Gasteiger partial charge in [0.05, 0.1) is 16.8 Å². The van der Waals surface area contributed by atoms with Gasteiger partial charge in [0.1, 0.15) is 4.83 Å². The van der Waals surface area contributed by atoms with Gasteiger partial charge in [0.2, 0.25) is 5.91 Å². The maximum atomic E-state index is 13.4. The lowest BCUT2D eigenvalue weighted by Gasteiger charge is -2.18. The van der Waals surface area contributed by atoms with Crippen molar-refractivity contribution < 1.29 is 4.79 Å². The monoisotopic (exact) mass is 385 g/mol. The van der Waals surface area contributed by atoms with Gasteiger partial charge in [0.25, 0.3) is 5.56 Å². The van der Waals surface area contributed by atoms with E-state index in [9.17, 15) is 9.59 Å². The quantitative estimate of drug-likeness (QED) is 0.553. The molecule has 1 amide bonds. The van der Waals surface area contributed by atoms with Crippen molar-refractivity contribution in [2.45, 2.75) is 31.3 Å². The number of carbonyl (C=O) groups is 1. The minimum absolute atomic E-state index is 0.0558. The first-order valence-electron chi connectivity index (χ1n) is 8.58. The molecule has 134 valence electrons. The number of hydrogen-bond donors (Lipinski definition) is 1. The van der Waals surface area contributed by atoms with Crippen LogP contribution in [0.25, 0.3) is 15.9 Å². The van der Waals surface area contributed by atoms with Crippen LogP contribution < -0.4 is 11.3 Å². The van der Waals surface area contributed by atoms with E-state index in [2.05, 4.69) is 6.92 Å². The third kappa shape index (κ3) is 3.05. The van der Waals surface area contributed by atoms with Crippen LogP contribution >= 0.6 is 23.1 Å². The van der Waals surface area contributed by atoms with E-state index in [-0.39, 0.29) is 11.3 Å². The van der Waals surface area contributed by atoms with Crippen LogP contribution in [-0.2, 0) is 17.6 Å². The van der Waals surface area contributed by atoms with Gasteiger partial charge in [-0.2, -0.15) is 0 Å². The van der Waals surface area contributed by atoms with Crippen molar-refractivity contribution in [1.82, 2.24) is 9.55 Å². The number of aromatic nitrogens is 2. The Kier molecular flexibility index (Phi) is 4.58. The smallest absolute Gasteiger partial charge is 0.267 e. The van der Waals surface area contributed by atoms with Gasteiger partial charge in [-0.05, 0) is 42.9 Å². The molecule has 0 saturated carbocycles. The number of thiophene rings is 1. The Morgan fingerprint density at radius 3 is 2.88 bits per heavy atom. The summed E-state index contributed by atoms with van der Waals surface area (Å²) in [6.45, 7) is 2.23. The Balaban J connectivity index is 1.97. The first-order valence-corrected chi connectivity index (χ1v) is 10.4. The highest BCUT2D eigenvalue weighted by molar-refractivity contribution is 7.99. The first kappa shape index (κ1) is 17.3. The maximum absolute atomic E-state index is 13.4. The Hall–Kier alpha value is -2.12. The standard InChI is InChI=1S/C19H19N3O2S2/c1-11-7-8-14-13(9-11)16-17(26-14)21-19(25-10-15(20)23)22(18(16)24)12-5-3-2-4-6-12/h2-6,11H,7-10H2,1H3,(H2,20,23)/t11-/m1/s1. The summed E-state index contributed by atoms with van der Waals surface area (Å²) in [5.41, 5.74) is 7.16. The van der Waals surface area contributed by atoms with Crippen LogP contribution in [0.5, 0.6) is 0 Å². The molecule has 0 radical (unpaired) electrons. The number of amides is 1. The van der Waals surface area contributed by atoms with Crippen molar-refractivity contribution in [2.75, 3.05) is 5.75 Å². The number of benzene rings is 1. The number of primary amides is 1. The maximum Gasteiger partial charge on any atom is 0.267 e. The van der Waals surface area contributed by atoms with E-state index in [1.54, 1.807) is 15.9 Å². The normalized spacial score (nSPS) is 16.6. The molecule has 7 heteroatoms. The van der Waals surface area contributed by atoms with Gasteiger partial charge in [-0.15, -0.1) is 11.3 Å². The molecule has 1 aromatic carbocycles. The lowest BCUT2D eigenvalue weighted by atomic mass is 9.89. The molecule has 26 heavy (non-hydrogen) atoms. The molecule has 0 spiro atoms. The molecule has 1 aliphatic rings. The molecule has 1 aliphatic carbocycles. The number of aryl methyl sites for hydroxylation is 1. The molecular weight excluding hydrogens is 366 g/mol. The number of carbonyl (C=O) groups excluding carboxylic acids is 1. The minimum atomic E-state index is -0.428. The fraction of sp³-hybridized carbons (Fsp3) is 0.316. The van der Waals surface area contributed by atoms with E-state index in [0.29, 0.717) is 11.1 Å². The van der Waals surface area contributed by atoms with E-state index >= 15 is 0 Å². The zero-order valence-corrected chi connectivity index (χ0v) is 16.0. The van der Waals surface area contributed by atoms with Crippen molar-refractivity contribution in [3.05, 3.63) is 51.1 Å². The van der Waals surface area contributed by atoms with Crippen molar-refractivity contribution in [2.24, 2.45) is 11.7 Å². The molecule has 0 bridgehead atoms. The van der Waals surface area contributed by atoms with E-state index in [1.807, 2.05) is 30.3 Å². The molecule has 4 rings (SSSR count). The molecule has 3 aromatic rings. The third-order valence-corrected chi connectivity index (χ3v) is 6.80. The summed E-state index contributed by atoms with van der Waals surface area (Å²) < 4.78 is 1.61. The number of fused-ring (bicyclic) bond motifs is 3. The van der Waals surface area contributed by atoms with E-state index in [0.717, 1.165) is 40.7 Å². The fourth-order valence-corrected chi connectivity index (χ4v) is 5.42. The molecule has 2 N–H and O–H groups in total. The molecule has 2 heterocycles. The number of hydrogen-bond acceptors (Lipinski definition) is 5. The van der Waals surface area contributed by atoms with Crippen LogP contribution in [0.15, 0.2) is 40.3 Å². The second kappa shape index (κ2) is 6.89. The van der Waals surface area contributed by atoms with Gasteiger partial charge in [-0.1, -0.05) is 36.9 Å². The zero-order valence-electron chi connectivity index (χ0n) is 14.4.